The van der Waals surface area contributed by atoms with E-state index in [-0.39, 0.29) is 5.76 Å². The number of rotatable bonds is 5. The number of hydrogen-bond acceptors (Lipinski definition) is 3. The van der Waals surface area contributed by atoms with Crippen molar-refractivity contribution in [1.82, 2.24) is 0 Å². The van der Waals surface area contributed by atoms with E-state index in [1.165, 1.54) is 6.08 Å². The SMILES string of the molecule is CCCC(O)(CO)C(O)=Cc1ccccc1. The van der Waals surface area contributed by atoms with Crippen molar-refractivity contribution >= 4 is 6.08 Å². The van der Waals surface area contributed by atoms with Gasteiger partial charge in [0.25, 0.3) is 0 Å². The lowest BCUT2D eigenvalue weighted by Gasteiger charge is -2.24. The van der Waals surface area contributed by atoms with Crippen LogP contribution < -0.4 is 0 Å². The van der Waals surface area contributed by atoms with Gasteiger partial charge in [0.15, 0.2) is 0 Å². The molecule has 1 aromatic rings. The molecule has 0 saturated heterocycles. The Bertz CT molecular complexity index is 345. The molecule has 0 aliphatic carbocycles. The quantitative estimate of drug-likeness (QED) is 0.669. The number of aliphatic hydroxyl groups excluding tert-OH is 2. The Morgan fingerprint density at radius 2 is 1.94 bits per heavy atom. The van der Waals surface area contributed by atoms with E-state index >= 15 is 0 Å². The molecule has 3 N–H and O–H groups in total. The maximum absolute atomic E-state index is 9.98. The average Bonchev–Trinajstić information content (AvgIpc) is 2.30. The van der Waals surface area contributed by atoms with E-state index < -0.39 is 12.2 Å². The van der Waals surface area contributed by atoms with Crippen molar-refractivity contribution in [1.29, 1.82) is 0 Å². The van der Waals surface area contributed by atoms with Gasteiger partial charge in [0.05, 0.1) is 6.61 Å². The Hall–Kier alpha value is -1.32. The molecular weight excluding hydrogens is 204 g/mol. The molecule has 0 fully saturated rings. The zero-order chi connectivity index (χ0) is 12.0. The highest BCUT2D eigenvalue weighted by atomic mass is 16.4. The van der Waals surface area contributed by atoms with Gasteiger partial charge in [-0.3, -0.25) is 0 Å². The molecule has 0 bridgehead atoms. The van der Waals surface area contributed by atoms with Crippen LogP contribution in [-0.2, 0) is 0 Å². The van der Waals surface area contributed by atoms with Crippen LogP contribution in [0.3, 0.4) is 0 Å². The van der Waals surface area contributed by atoms with Crippen molar-refractivity contribution in [3.8, 4) is 0 Å². The van der Waals surface area contributed by atoms with Crippen molar-refractivity contribution in [2.45, 2.75) is 25.4 Å². The molecule has 3 nitrogen and oxygen atoms in total. The number of aliphatic hydroxyl groups is 3. The molecule has 0 aliphatic heterocycles. The molecule has 1 unspecified atom stereocenters. The van der Waals surface area contributed by atoms with Crippen LogP contribution in [0.4, 0.5) is 0 Å². The van der Waals surface area contributed by atoms with Crippen LogP contribution in [0.15, 0.2) is 36.1 Å². The second-order valence-corrected chi connectivity index (χ2v) is 3.88. The second kappa shape index (κ2) is 5.68. The first kappa shape index (κ1) is 12.7. The molecule has 3 heteroatoms. The van der Waals surface area contributed by atoms with Gasteiger partial charge in [-0.05, 0) is 18.1 Å². The first-order valence-corrected chi connectivity index (χ1v) is 5.42. The Morgan fingerprint density at radius 1 is 1.31 bits per heavy atom. The van der Waals surface area contributed by atoms with Crippen molar-refractivity contribution in [2.75, 3.05) is 6.61 Å². The van der Waals surface area contributed by atoms with Crippen LogP contribution in [-0.4, -0.2) is 27.5 Å². The molecule has 0 saturated carbocycles. The molecule has 88 valence electrons. The molecule has 0 aliphatic rings. The second-order valence-electron chi connectivity index (χ2n) is 3.88. The van der Waals surface area contributed by atoms with E-state index in [4.69, 9.17) is 5.11 Å². The average molecular weight is 222 g/mol. The Morgan fingerprint density at radius 3 is 2.44 bits per heavy atom. The minimum Gasteiger partial charge on any atom is -0.509 e. The largest absolute Gasteiger partial charge is 0.509 e. The van der Waals surface area contributed by atoms with Gasteiger partial charge in [-0.2, -0.15) is 0 Å². The molecule has 1 atom stereocenters. The summed E-state index contributed by atoms with van der Waals surface area (Å²) < 4.78 is 0. The van der Waals surface area contributed by atoms with Gasteiger partial charge in [0, 0.05) is 0 Å². The van der Waals surface area contributed by atoms with Crippen molar-refractivity contribution in [3.63, 3.8) is 0 Å². The van der Waals surface area contributed by atoms with E-state index in [0.717, 1.165) is 5.56 Å². The fourth-order valence-electron chi connectivity index (χ4n) is 1.54. The van der Waals surface area contributed by atoms with Gasteiger partial charge in [0.1, 0.15) is 11.4 Å². The Balaban J connectivity index is 2.91. The van der Waals surface area contributed by atoms with Gasteiger partial charge < -0.3 is 15.3 Å². The van der Waals surface area contributed by atoms with Gasteiger partial charge in [-0.25, -0.2) is 0 Å². The summed E-state index contributed by atoms with van der Waals surface area (Å²) in [6, 6.07) is 9.20. The van der Waals surface area contributed by atoms with Gasteiger partial charge in [0.2, 0.25) is 0 Å². The maximum atomic E-state index is 9.98. The minimum atomic E-state index is -1.52. The van der Waals surface area contributed by atoms with Crippen LogP contribution in [0.2, 0.25) is 0 Å². The zero-order valence-corrected chi connectivity index (χ0v) is 9.43. The predicted molar refractivity (Wildman–Crippen MR) is 64.0 cm³/mol. The van der Waals surface area contributed by atoms with Gasteiger partial charge in [-0.15, -0.1) is 0 Å². The standard InChI is InChI=1S/C13H18O3/c1-2-8-13(16,10-14)12(15)9-11-6-4-3-5-7-11/h3-7,9,14-16H,2,8,10H2,1H3. The molecule has 0 spiro atoms. The van der Waals surface area contributed by atoms with E-state index in [9.17, 15) is 10.2 Å². The summed E-state index contributed by atoms with van der Waals surface area (Å²) in [4.78, 5) is 0. The topological polar surface area (TPSA) is 60.7 Å². The normalized spacial score (nSPS) is 15.8. The minimum absolute atomic E-state index is 0.192. The van der Waals surface area contributed by atoms with E-state index in [1.807, 2.05) is 37.3 Å². The smallest absolute Gasteiger partial charge is 0.144 e. The third-order valence-corrected chi connectivity index (χ3v) is 2.50. The van der Waals surface area contributed by atoms with Crippen LogP contribution in [0.5, 0.6) is 0 Å². The molecule has 0 aromatic heterocycles. The van der Waals surface area contributed by atoms with E-state index in [2.05, 4.69) is 0 Å². The highest BCUT2D eigenvalue weighted by Gasteiger charge is 2.29. The van der Waals surface area contributed by atoms with Crippen molar-refractivity contribution in [2.24, 2.45) is 0 Å². The summed E-state index contributed by atoms with van der Waals surface area (Å²) in [5.74, 6) is -0.192. The zero-order valence-electron chi connectivity index (χ0n) is 9.43. The molecular formula is C13H18O3. The molecule has 0 heterocycles. The highest BCUT2D eigenvalue weighted by molar-refractivity contribution is 5.52. The van der Waals surface area contributed by atoms with Crippen LogP contribution in [0.25, 0.3) is 6.08 Å². The molecule has 0 amide bonds. The van der Waals surface area contributed by atoms with Crippen LogP contribution in [0.1, 0.15) is 25.3 Å². The Labute approximate surface area is 95.7 Å². The summed E-state index contributed by atoms with van der Waals surface area (Å²) in [5, 5.41) is 28.9. The van der Waals surface area contributed by atoms with E-state index in [0.29, 0.717) is 12.8 Å². The van der Waals surface area contributed by atoms with Crippen LogP contribution >= 0.6 is 0 Å². The molecule has 16 heavy (non-hydrogen) atoms. The third kappa shape index (κ3) is 3.08. The first-order valence-electron chi connectivity index (χ1n) is 5.42. The van der Waals surface area contributed by atoms with Gasteiger partial charge in [-0.1, -0.05) is 43.7 Å². The lowest BCUT2D eigenvalue weighted by Crippen LogP contribution is -2.35. The summed E-state index contributed by atoms with van der Waals surface area (Å²) in [6.45, 7) is 1.41. The lowest BCUT2D eigenvalue weighted by molar-refractivity contribution is -0.0194. The van der Waals surface area contributed by atoms with E-state index in [1.54, 1.807) is 0 Å². The van der Waals surface area contributed by atoms with Crippen molar-refractivity contribution < 1.29 is 15.3 Å². The summed E-state index contributed by atoms with van der Waals surface area (Å²) >= 11 is 0. The maximum Gasteiger partial charge on any atom is 0.144 e. The van der Waals surface area contributed by atoms with Gasteiger partial charge >= 0.3 is 0 Å². The summed E-state index contributed by atoms with van der Waals surface area (Å²) in [5.41, 5.74) is -0.729. The molecule has 1 aromatic carbocycles. The summed E-state index contributed by atoms with van der Waals surface area (Å²) in [6.07, 6.45) is 2.49. The first-order chi connectivity index (χ1) is 7.62. The summed E-state index contributed by atoms with van der Waals surface area (Å²) in [7, 11) is 0. The lowest BCUT2D eigenvalue weighted by atomic mass is 9.95. The molecule has 0 radical (unpaired) electrons. The monoisotopic (exact) mass is 222 g/mol. The van der Waals surface area contributed by atoms with Crippen LogP contribution in [0, 0.1) is 0 Å². The molecule has 1 rings (SSSR count). The third-order valence-electron chi connectivity index (χ3n) is 2.50. The fraction of sp³-hybridized carbons (Fsp3) is 0.385. The highest BCUT2D eigenvalue weighted by Crippen LogP contribution is 2.22. The Kier molecular flexibility index (Phi) is 4.52. The fourth-order valence-corrected chi connectivity index (χ4v) is 1.54. The number of hydrogen-bond donors (Lipinski definition) is 3. The predicted octanol–water partition coefficient (Wildman–Crippen LogP) is 2.11. The van der Waals surface area contributed by atoms with Crippen molar-refractivity contribution in [3.05, 3.63) is 41.7 Å². The number of benzene rings is 1.